The topological polar surface area (TPSA) is 47.6 Å². The minimum absolute atomic E-state index is 0.00562. The summed E-state index contributed by atoms with van der Waals surface area (Å²) in [6.45, 7) is 7.74. The summed E-state index contributed by atoms with van der Waals surface area (Å²) < 4.78 is 10.8. The summed E-state index contributed by atoms with van der Waals surface area (Å²) in [7, 11) is 0. The van der Waals surface area contributed by atoms with Crippen LogP contribution in [-0.4, -0.2) is 31.8 Å². The molecule has 2 rings (SSSR count). The van der Waals surface area contributed by atoms with Crippen LogP contribution >= 0.6 is 0 Å². The Kier molecular flexibility index (Phi) is 5.76. The predicted octanol–water partition coefficient (Wildman–Crippen LogP) is 2.48. The molecule has 0 unspecified atom stereocenters. The van der Waals surface area contributed by atoms with Crippen LogP contribution in [0.3, 0.4) is 0 Å². The van der Waals surface area contributed by atoms with Crippen LogP contribution < -0.4 is 5.32 Å². The Labute approximate surface area is 126 Å². The van der Waals surface area contributed by atoms with Crippen LogP contribution in [0.5, 0.6) is 0 Å². The molecule has 1 heterocycles. The van der Waals surface area contributed by atoms with E-state index in [2.05, 4.69) is 50.4 Å². The number of carbonyl (C=O) groups excluding carboxylic acids is 1. The monoisotopic (exact) mass is 291 g/mol. The van der Waals surface area contributed by atoms with Crippen LogP contribution in [0.1, 0.15) is 37.9 Å². The third-order valence-electron chi connectivity index (χ3n) is 3.82. The SMILES string of the molecule is CCc1ccc([C@H](NC(=O)[C@@H]2COCCO2)C(C)C)cc1. The molecular formula is C17H25NO3. The Bertz CT molecular complexity index is 450. The molecule has 1 fully saturated rings. The summed E-state index contributed by atoms with van der Waals surface area (Å²) in [6, 6.07) is 8.44. The van der Waals surface area contributed by atoms with E-state index in [9.17, 15) is 4.79 Å². The molecule has 1 aromatic carbocycles. The number of benzene rings is 1. The Morgan fingerprint density at radius 2 is 2.00 bits per heavy atom. The van der Waals surface area contributed by atoms with Gasteiger partial charge in [0.1, 0.15) is 0 Å². The highest BCUT2D eigenvalue weighted by molar-refractivity contribution is 5.81. The van der Waals surface area contributed by atoms with Crippen molar-refractivity contribution in [1.82, 2.24) is 5.32 Å². The van der Waals surface area contributed by atoms with E-state index < -0.39 is 6.10 Å². The third kappa shape index (κ3) is 4.29. The Hall–Kier alpha value is -1.39. The number of carbonyl (C=O) groups is 1. The van der Waals surface area contributed by atoms with Crippen molar-refractivity contribution in [2.45, 2.75) is 39.3 Å². The van der Waals surface area contributed by atoms with Crippen molar-refractivity contribution in [3.05, 3.63) is 35.4 Å². The highest BCUT2D eigenvalue weighted by Crippen LogP contribution is 2.22. The van der Waals surface area contributed by atoms with Crippen molar-refractivity contribution in [3.63, 3.8) is 0 Å². The van der Waals surface area contributed by atoms with Gasteiger partial charge in [-0.25, -0.2) is 0 Å². The van der Waals surface area contributed by atoms with E-state index in [-0.39, 0.29) is 11.9 Å². The molecule has 2 atom stereocenters. The second-order valence-corrected chi connectivity index (χ2v) is 5.76. The van der Waals surface area contributed by atoms with Crippen LogP contribution in [-0.2, 0) is 20.7 Å². The van der Waals surface area contributed by atoms with E-state index >= 15 is 0 Å². The molecule has 4 nitrogen and oxygen atoms in total. The lowest BCUT2D eigenvalue weighted by atomic mass is 9.94. The zero-order valence-electron chi connectivity index (χ0n) is 13.1. The van der Waals surface area contributed by atoms with Crippen molar-refractivity contribution >= 4 is 5.91 Å². The van der Waals surface area contributed by atoms with Crippen molar-refractivity contribution in [1.29, 1.82) is 0 Å². The van der Waals surface area contributed by atoms with Crippen LogP contribution in [0, 0.1) is 5.92 Å². The summed E-state index contributed by atoms with van der Waals surface area (Å²) in [5.74, 6) is 0.221. The molecule has 1 aliphatic rings. The summed E-state index contributed by atoms with van der Waals surface area (Å²) in [6.07, 6.45) is 0.529. The Balaban J connectivity index is 2.05. The van der Waals surface area contributed by atoms with E-state index in [4.69, 9.17) is 9.47 Å². The maximum atomic E-state index is 12.3. The van der Waals surface area contributed by atoms with Gasteiger partial charge in [0.25, 0.3) is 5.91 Å². The predicted molar refractivity (Wildman–Crippen MR) is 82.1 cm³/mol. The lowest BCUT2D eigenvalue weighted by Crippen LogP contribution is -2.45. The molecule has 1 saturated heterocycles. The minimum atomic E-state index is -0.491. The van der Waals surface area contributed by atoms with Gasteiger partial charge in [-0.2, -0.15) is 0 Å². The number of aryl methyl sites for hydroxylation is 1. The zero-order valence-corrected chi connectivity index (χ0v) is 13.1. The van der Waals surface area contributed by atoms with Crippen molar-refractivity contribution < 1.29 is 14.3 Å². The molecule has 1 aromatic rings. The van der Waals surface area contributed by atoms with Gasteiger partial charge in [0.2, 0.25) is 0 Å². The molecule has 1 N–H and O–H groups in total. The highest BCUT2D eigenvalue weighted by atomic mass is 16.6. The number of rotatable bonds is 5. The number of hydrogen-bond donors (Lipinski definition) is 1. The van der Waals surface area contributed by atoms with Crippen LogP contribution in [0.25, 0.3) is 0 Å². The Morgan fingerprint density at radius 3 is 2.52 bits per heavy atom. The smallest absolute Gasteiger partial charge is 0.252 e. The quantitative estimate of drug-likeness (QED) is 0.906. The number of hydrogen-bond acceptors (Lipinski definition) is 3. The van der Waals surface area contributed by atoms with Crippen LogP contribution in [0.4, 0.5) is 0 Å². The van der Waals surface area contributed by atoms with Crippen molar-refractivity contribution in [2.24, 2.45) is 5.92 Å². The fraction of sp³-hybridized carbons (Fsp3) is 0.588. The summed E-state index contributed by atoms with van der Waals surface area (Å²) in [5.41, 5.74) is 2.43. The molecule has 116 valence electrons. The molecule has 1 aliphatic heterocycles. The van der Waals surface area contributed by atoms with E-state index in [0.29, 0.717) is 25.7 Å². The molecule has 0 spiro atoms. The maximum Gasteiger partial charge on any atom is 0.252 e. The summed E-state index contributed by atoms with van der Waals surface area (Å²) in [5, 5.41) is 3.10. The molecule has 0 bridgehead atoms. The first-order chi connectivity index (χ1) is 10.1. The van der Waals surface area contributed by atoms with Gasteiger partial charge in [0.15, 0.2) is 6.10 Å². The van der Waals surface area contributed by atoms with Gasteiger partial charge in [-0.15, -0.1) is 0 Å². The summed E-state index contributed by atoms with van der Waals surface area (Å²) in [4.78, 5) is 12.3. The number of ether oxygens (including phenoxy) is 2. The molecular weight excluding hydrogens is 266 g/mol. The molecule has 1 amide bonds. The van der Waals surface area contributed by atoms with E-state index in [0.717, 1.165) is 12.0 Å². The molecule has 21 heavy (non-hydrogen) atoms. The van der Waals surface area contributed by atoms with Crippen LogP contribution in [0.2, 0.25) is 0 Å². The maximum absolute atomic E-state index is 12.3. The largest absolute Gasteiger partial charge is 0.376 e. The molecule has 0 aliphatic carbocycles. The van der Waals surface area contributed by atoms with E-state index in [1.165, 1.54) is 5.56 Å². The van der Waals surface area contributed by atoms with Gasteiger partial charge >= 0.3 is 0 Å². The molecule has 0 aromatic heterocycles. The lowest BCUT2D eigenvalue weighted by Gasteiger charge is -2.27. The lowest BCUT2D eigenvalue weighted by molar-refractivity contribution is -0.148. The molecule has 0 saturated carbocycles. The first-order valence-corrected chi connectivity index (χ1v) is 7.70. The minimum Gasteiger partial charge on any atom is -0.376 e. The van der Waals surface area contributed by atoms with Gasteiger partial charge < -0.3 is 14.8 Å². The van der Waals surface area contributed by atoms with Gasteiger partial charge in [-0.05, 0) is 23.5 Å². The highest BCUT2D eigenvalue weighted by Gasteiger charge is 2.26. The normalized spacial score (nSPS) is 20.3. The molecule has 4 heteroatoms. The third-order valence-corrected chi connectivity index (χ3v) is 3.82. The second-order valence-electron chi connectivity index (χ2n) is 5.76. The van der Waals surface area contributed by atoms with Gasteiger partial charge in [-0.1, -0.05) is 45.0 Å². The second kappa shape index (κ2) is 7.57. The first-order valence-electron chi connectivity index (χ1n) is 7.70. The summed E-state index contributed by atoms with van der Waals surface area (Å²) >= 11 is 0. The number of nitrogens with one attached hydrogen (secondary N) is 1. The van der Waals surface area contributed by atoms with Gasteiger partial charge in [0, 0.05) is 0 Å². The average molecular weight is 291 g/mol. The van der Waals surface area contributed by atoms with Gasteiger partial charge in [0.05, 0.1) is 25.9 Å². The zero-order chi connectivity index (χ0) is 15.2. The molecule has 0 radical (unpaired) electrons. The fourth-order valence-corrected chi connectivity index (χ4v) is 2.48. The van der Waals surface area contributed by atoms with Crippen LogP contribution in [0.15, 0.2) is 24.3 Å². The van der Waals surface area contributed by atoms with Crippen molar-refractivity contribution in [2.75, 3.05) is 19.8 Å². The van der Waals surface area contributed by atoms with Gasteiger partial charge in [-0.3, -0.25) is 4.79 Å². The Morgan fingerprint density at radius 1 is 1.29 bits per heavy atom. The number of amides is 1. The standard InChI is InChI=1S/C17H25NO3/c1-4-13-5-7-14(8-6-13)16(12(2)3)18-17(19)15-11-20-9-10-21-15/h5-8,12,15-16H,4,9-11H2,1-3H3,(H,18,19)/t15-,16+/m0/s1. The van der Waals surface area contributed by atoms with Crippen molar-refractivity contribution in [3.8, 4) is 0 Å². The first kappa shape index (κ1) is 16.0. The average Bonchev–Trinajstić information content (AvgIpc) is 2.53. The van der Waals surface area contributed by atoms with E-state index in [1.54, 1.807) is 0 Å². The van der Waals surface area contributed by atoms with E-state index in [1.807, 2.05) is 0 Å². The fourth-order valence-electron chi connectivity index (χ4n) is 2.48.